The zero-order valence-corrected chi connectivity index (χ0v) is 18.1. The van der Waals surface area contributed by atoms with E-state index < -0.39 is 0 Å². The molecule has 0 aliphatic heterocycles. The maximum atomic E-state index is 12.5. The lowest BCUT2D eigenvalue weighted by Crippen LogP contribution is -2.14. The van der Waals surface area contributed by atoms with Crippen LogP contribution >= 0.6 is 0 Å². The van der Waals surface area contributed by atoms with Crippen LogP contribution in [0, 0.1) is 13.8 Å². The topological polar surface area (TPSA) is 99.8 Å². The van der Waals surface area contributed by atoms with Crippen LogP contribution in [-0.2, 0) is 24.8 Å². The van der Waals surface area contributed by atoms with Crippen molar-refractivity contribution >= 4 is 22.8 Å². The zero-order valence-electron chi connectivity index (χ0n) is 18.1. The van der Waals surface area contributed by atoms with Crippen LogP contribution < -0.4 is 10.1 Å². The molecule has 0 aliphatic carbocycles. The van der Waals surface area contributed by atoms with Gasteiger partial charge in [0.1, 0.15) is 0 Å². The summed E-state index contributed by atoms with van der Waals surface area (Å²) >= 11 is 0. The van der Waals surface area contributed by atoms with Gasteiger partial charge in [-0.2, -0.15) is 5.10 Å². The molecule has 0 aliphatic rings. The van der Waals surface area contributed by atoms with Gasteiger partial charge in [-0.3, -0.25) is 14.5 Å². The molecule has 9 nitrogen and oxygen atoms in total. The van der Waals surface area contributed by atoms with Crippen LogP contribution in [-0.4, -0.2) is 42.5 Å². The molecule has 0 saturated heterocycles. The van der Waals surface area contributed by atoms with Gasteiger partial charge < -0.3 is 10.1 Å². The van der Waals surface area contributed by atoms with E-state index in [9.17, 15) is 4.79 Å². The molecule has 31 heavy (non-hydrogen) atoms. The molecule has 1 N–H and O–H groups in total. The first-order chi connectivity index (χ1) is 15.0. The highest BCUT2D eigenvalue weighted by molar-refractivity contribution is 5.90. The van der Waals surface area contributed by atoms with Gasteiger partial charge in [-0.1, -0.05) is 0 Å². The van der Waals surface area contributed by atoms with E-state index in [-0.39, 0.29) is 5.91 Å². The van der Waals surface area contributed by atoms with Gasteiger partial charge in [0.05, 0.1) is 19.0 Å². The Balaban J connectivity index is 1.43. The van der Waals surface area contributed by atoms with Gasteiger partial charge in [0.15, 0.2) is 11.5 Å². The summed E-state index contributed by atoms with van der Waals surface area (Å²) in [6.07, 6.45) is 6.24. The molecule has 0 aromatic carbocycles. The van der Waals surface area contributed by atoms with Gasteiger partial charge in [0, 0.05) is 43.8 Å². The molecular weight excluding hydrogens is 394 g/mol. The molecule has 9 heteroatoms. The van der Waals surface area contributed by atoms with Gasteiger partial charge >= 0.3 is 0 Å². The fraction of sp³-hybridized carbons (Fsp3) is 0.318. The summed E-state index contributed by atoms with van der Waals surface area (Å²) in [6.45, 7) is 4.60. The minimum atomic E-state index is -0.0915. The van der Waals surface area contributed by atoms with E-state index >= 15 is 0 Å². The number of aryl methyl sites for hydroxylation is 3. The fourth-order valence-corrected chi connectivity index (χ4v) is 3.74. The van der Waals surface area contributed by atoms with Crippen molar-refractivity contribution in [1.29, 1.82) is 0 Å². The average molecular weight is 419 g/mol. The summed E-state index contributed by atoms with van der Waals surface area (Å²) in [5.41, 5.74) is 4.85. The number of rotatable bonds is 7. The van der Waals surface area contributed by atoms with Gasteiger partial charge in [0.2, 0.25) is 11.8 Å². The lowest BCUT2D eigenvalue weighted by atomic mass is 10.00. The van der Waals surface area contributed by atoms with Crippen LogP contribution in [0.3, 0.4) is 0 Å². The minimum Gasteiger partial charge on any atom is -0.479 e. The number of carbonyl (C=O) groups is 1. The molecule has 0 bridgehead atoms. The Morgan fingerprint density at radius 2 is 1.94 bits per heavy atom. The molecule has 160 valence electrons. The first kappa shape index (κ1) is 20.5. The van der Waals surface area contributed by atoms with Crippen molar-refractivity contribution in [3.8, 4) is 5.88 Å². The number of nitrogens with zero attached hydrogens (tertiary/aromatic N) is 6. The Hall–Kier alpha value is -3.75. The number of fused-ring (bicyclic) bond motifs is 1. The van der Waals surface area contributed by atoms with Crippen LogP contribution in [0.1, 0.15) is 28.8 Å². The number of amides is 1. The van der Waals surface area contributed by atoms with E-state index in [0.717, 1.165) is 33.4 Å². The van der Waals surface area contributed by atoms with Gasteiger partial charge in [-0.25, -0.2) is 9.67 Å². The molecule has 1 amide bonds. The molecule has 4 heterocycles. The Labute approximate surface area is 180 Å². The molecule has 0 radical (unpaired) electrons. The van der Waals surface area contributed by atoms with Crippen LogP contribution in [0.5, 0.6) is 5.88 Å². The highest BCUT2D eigenvalue weighted by atomic mass is 16.5. The summed E-state index contributed by atoms with van der Waals surface area (Å²) < 4.78 is 8.91. The molecule has 4 aromatic heterocycles. The quantitative estimate of drug-likeness (QED) is 0.494. The van der Waals surface area contributed by atoms with Crippen LogP contribution in [0.15, 0.2) is 36.8 Å². The Morgan fingerprint density at radius 1 is 1.16 bits per heavy atom. The largest absolute Gasteiger partial charge is 0.479 e. The van der Waals surface area contributed by atoms with Crippen molar-refractivity contribution in [3.63, 3.8) is 0 Å². The Morgan fingerprint density at radius 3 is 2.68 bits per heavy atom. The SMILES string of the molecule is COc1nn(C)c2nc(C)c(CCC(=O)Nc3ccn(Cc4ccncc4)n3)c(C)c12. The molecule has 0 unspecified atom stereocenters. The Kier molecular flexibility index (Phi) is 5.66. The van der Waals surface area contributed by atoms with E-state index in [2.05, 4.69) is 25.5 Å². The number of ether oxygens (including phenoxy) is 1. The first-order valence-electron chi connectivity index (χ1n) is 10.0. The Bertz CT molecular complexity index is 1230. The lowest BCUT2D eigenvalue weighted by molar-refractivity contribution is -0.116. The number of pyridine rings is 2. The smallest absolute Gasteiger partial charge is 0.242 e. The number of aromatic nitrogens is 6. The van der Waals surface area contributed by atoms with Crippen molar-refractivity contribution in [3.05, 3.63) is 59.2 Å². The maximum Gasteiger partial charge on any atom is 0.242 e. The average Bonchev–Trinajstić information content (AvgIpc) is 3.32. The predicted molar refractivity (Wildman–Crippen MR) is 117 cm³/mol. The van der Waals surface area contributed by atoms with E-state index in [1.165, 1.54) is 0 Å². The van der Waals surface area contributed by atoms with Crippen molar-refractivity contribution < 1.29 is 9.53 Å². The standard InChI is InChI=1S/C22H25N7O2/c1-14-17(15(2)24-21-20(14)22(31-4)27-28(21)3)5-6-19(30)25-18-9-12-29(26-18)13-16-7-10-23-11-8-16/h7-12H,5-6,13H2,1-4H3,(H,25,26,30). The highest BCUT2D eigenvalue weighted by Crippen LogP contribution is 2.30. The number of hydrogen-bond acceptors (Lipinski definition) is 6. The third-order valence-electron chi connectivity index (χ3n) is 5.32. The predicted octanol–water partition coefficient (Wildman–Crippen LogP) is 2.80. The van der Waals surface area contributed by atoms with Crippen LogP contribution in [0.25, 0.3) is 11.0 Å². The van der Waals surface area contributed by atoms with Crippen molar-refractivity contribution in [2.75, 3.05) is 12.4 Å². The highest BCUT2D eigenvalue weighted by Gasteiger charge is 2.18. The molecule has 0 atom stereocenters. The van der Waals surface area contributed by atoms with Gasteiger partial charge in [0.25, 0.3) is 0 Å². The van der Waals surface area contributed by atoms with Gasteiger partial charge in [-0.15, -0.1) is 5.10 Å². The molecule has 0 saturated carbocycles. The number of nitrogens with one attached hydrogen (secondary N) is 1. The third-order valence-corrected chi connectivity index (χ3v) is 5.32. The molecule has 0 fully saturated rings. The van der Waals surface area contributed by atoms with Crippen molar-refractivity contribution in [2.24, 2.45) is 7.05 Å². The number of hydrogen-bond donors (Lipinski definition) is 1. The summed E-state index contributed by atoms with van der Waals surface area (Å²) in [6, 6.07) is 5.67. The normalized spacial score (nSPS) is 11.1. The van der Waals surface area contributed by atoms with E-state index in [1.54, 1.807) is 34.9 Å². The first-order valence-corrected chi connectivity index (χ1v) is 10.0. The summed E-state index contributed by atoms with van der Waals surface area (Å²) in [7, 11) is 3.44. The molecule has 4 aromatic rings. The zero-order chi connectivity index (χ0) is 22.0. The summed E-state index contributed by atoms with van der Waals surface area (Å²) in [5, 5.41) is 12.6. The summed E-state index contributed by atoms with van der Waals surface area (Å²) in [5.74, 6) is 0.995. The van der Waals surface area contributed by atoms with E-state index in [1.807, 2.05) is 39.2 Å². The second-order valence-corrected chi connectivity index (χ2v) is 7.43. The van der Waals surface area contributed by atoms with Crippen molar-refractivity contribution in [1.82, 2.24) is 29.5 Å². The van der Waals surface area contributed by atoms with E-state index in [4.69, 9.17) is 4.74 Å². The molecule has 4 rings (SSSR count). The number of anilines is 1. The number of carbonyl (C=O) groups excluding carboxylic acids is 1. The second-order valence-electron chi connectivity index (χ2n) is 7.43. The monoisotopic (exact) mass is 419 g/mol. The fourth-order valence-electron chi connectivity index (χ4n) is 3.74. The summed E-state index contributed by atoms with van der Waals surface area (Å²) in [4.78, 5) is 21.2. The molecular formula is C22H25N7O2. The number of methoxy groups -OCH3 is 1. The van der Waals surface area contributed by atoms with Crippen molar-refractivity contribution in [2.45, 2.75) is 33.2 Å². The maximum absolute atomic E-state index is 12.5. The third kappa shape index (κ3) is 4.25. The lowest BCUT2D eigenvalue weighted by Gasteiger charge is -2.11. The van der Waals surface area contributed by atoms with E-state index in [0.29, 0.717) is 31.1 Å². The van der Waals surface area contributed by atoms with Crippen LogP contribution in [0.4, 0.5) is 5.82 Å². The van der Waals surface area contributed by atoms with Crippen LogP contribution in [0.2, 0.25) is 0 Å². The molecule has 0 spiro atoms. The minimum absolute atomic E-state index is 0.0915. The van der Waals surface area contributed by atoms with Gasteiger partial charge in [-0.05, 0) is 49.1 Å². The second kappa shape index (κ2) is 8.55.